The minimum atomic E-state index is 0.107. The monoisotopic (exact) mass is 357 g/mol. The summed E-state index contributed by atoms with van der Waals surface area (Å²) in [5.74, 6) is 2.13. The van der Waals surface area contributed by atoms with Crippen molar-refractivity contribution in [2.75, 3.05) is 13.2 Å². The number of nitrogens with two attached hydrogens (primary N) is 1. The second-order valence-corrected chi connectivity index (χ2v) is 9.56. The number of nitrogens with one attached hydrogen (secondary N) is 1. The fourth-order valence-electron chi connectivity index (χ4n) is 7.17. The Morgan fingerprint density at radius 1 is 1.35 bits per heavy atom. The van der Waals surface area contributed by atoms with Crippen molar-refractivity contribution < 1.29 is 5.11 Å². The Morgan fingerprint density at radius 3 is 2.85 bits per heavy atom. The van der Waals surface area contributed by atoms with E-state index in [9.17, 15) is 5.11 Å². The zero-order chi connectivity index (χ0) is 18.5. The summed E-state index contributed by atoms with van der Waals surface area (Å²) < 4.78 is 0. The molecule has 1 aromatic heterocycles. The van der Waals surface area contributed by atoms with Crippen LogP contribution in [-0.2, 0) is 12.8 Å². The largest absolute Gasteiger partial charge is 0.396 e. The van der Waals surface area contributed by atoms with E-state index >= 15 is 0 Å². The number of aliphatic hydroxyl groups is 1. The van der Waals surface area contributed by atoms with Crippen LogP contribution >= 0.6 is 0 Å². The summed E-state index contributed by atoms with van der Waals surface area (Å²) in [5.41, 5.74) is 11.1. The first kappa shape index (κ1) is 18.2. The van der Waals surface area contributed by atoms with Crippen LogP contribution in [0.4, 0.5) is 0 Å². The first-order valence-corrected chi connectivity index (χ1v) is 10.5. The molecule has 0 amide bonds. The van der Waals surface area contributed by atoms with Crippen LogP contribution in [0.25, 0.3) is 0 Å². The fourth-order valence-corrected chi connectivity index (χ4v) is 7.17. The van der Waals surface area contributed by atoms with Gasteiger partial charge in [-0.25, -0.2) is 0 Å². The molecule has 0 aliphatic heterocycles. The average Bonchev–Trinajstić information content (AvgIpc) is 3.22. The summed E-state index contributed by atoms with van der Waals surface area (Å²) in [7, 11) is 0. The Morgan fingerprint density at radius 2 is 2.15 bits per heavy atom. The molecule has 0 bridgehead atoms. The number of nitrogens with zero attached hydrogens (tertiary/aromatic N) is 1. The summed E-state index contributed by atoms with van der Waals surface area (Å²) in [6.07, 6.45) is 11.3. The number of hydrogen-bond donors (Lipinski definition) is 3. The SMILES string of the molecule is C/C=C1\CC[C@H]2[C@H](CN)[C@@H]([C@@]3(C)Cc4cn[nH]c4C[C@@H]3CO)CC[C@]12C. The number of hydrogen-bond acceptors (Lipinski definition) is 3. The van der Waals surface area contributed by atoms with Crippen LogP contribution < -0.4 is 5.73 Å². The van der Waals surface area contributed by atoms with E-state index < -0.39 is 0 Å². The highest BCUT2D eigenvalue weighted by Crippen LogP contribution is 2.63. The van der Waals surface area contributed by atoms with Gasteiger partial charge in [-0.1, -0.05) is 25.5 Å². The van der Waals surface area contributed by atoms with Crippen LogP contribution in [0, 0.1) is 34.5 Å². The Bertz CT molecular complexity index is 695. The van der Waals surface area contributed by atoms with Crippen LogP contribution in [0.15, 0.2) is 17.8 Å². The Balaban J connectivity index is 1.69. The van der Waals surface area contributed by atoms with Crippen molar-refractivity contribution >= 4 is 0 Å². The number of H-pyrrole nitrogens is 1. The molecule has 4 heteroatoms. The highest BCUT2D eigenvalue weighted by atomic mass is 16.3. The molecular formula is C22H35N3O. The highest BCUT2D eigenvalue weighted by molar-refractivity contribution is 5.27. The quantitative estimate of drug-likeness (QED) is 0.725. The van der Waals surface area contributed by atoms with Gasteiger partial charge in [0.2, 0.25) is 0 Å². The van der Waals surface area contributed by atoms with Crippen molar-refractivity contribution in [3.05, 3.63) is 29.1 Å². The molecule has 144 valence electrons. The molecule has 4 N–H and O–H groups in total. The summed E-state index contributed by atoms with van der Waals surface area (Å²) in [6, 6.07) is 0. The Kier molecular flexibility index (Phi) is 4.55. The maximum Gasteiger partial charge on any atom is 0.0522 e. The van der Waals surface area contributed by atoms with Crippen molar-refractivity contribution in [3.63, 3.8) is 0 Å². The van der Waals surface area contributed by atoms with E-state index in [1.54, 1.807) is 5.57 Å². The van der Waals surface area contributed by atoms with Crippen molar-refractivity contribution in [2.45, 2.75) is 59.3 Å². The van der Waals surface area contributed by atoms with Gasteiger partial charge < -0.3 is 10.8 Å². The highest BCUT2D eigenvalue weighted by Gasteiger charge is 2.56. The number of allylic oxidation sites excluding steroid dienone is 2. The molecule has 0 unspecified atom stereocenters. The molecule has 4 nitrogen and oxygen atoms in total. The smallest absolute Gasteiger partial charge is 0.0522 e. The molecule has 3 aliphatic rings. The molecule has 6 atom stereocenters. The van der Waals surface area contributed by atoms with Gasteiger partial charge in [-0.05, 0) is 92.1 Å². The molecule has 0 aromatic carbocycles. The van der Waals surface area contributed by atoms with Gasteiger partial charge in [-0.15, -0.1) is 0 Å². The number of aromatic nitrogens is 2. The Hall–Kier alpha value is -1.13. The topological polar surface area (TPSA) is 74.9 Å². The van der Waals surface area contributed by atoms with Crippen molar-refractivity contribution in [3.8, 4) is 0 Å². The molecule has 3 aliphatic carbocycles. The molecule has 2 fully saturated rings. The normalized spacial score (nSPS) is 44.1. The zero-order valence-corrected chi connectivity index (χ0v) is 16.6. The second kappa shape index (κ2) is 6.49. The van der Waals surface area contributed by atoms with Gasteiger partial charge in [0.1, 0.15) is 0 Å². The van der Waals surface area contributed by atoms with E-state index in [1.165, 1.54) is 36.9 Å². The fraction of sp³-hybridized carbons (Fsp3) is 0.773. The summed E-state index contributed by atoms with van der Waals surface area (Å²) >= 11 is 0. The molecule has 0 saturated heterocycles. The van der Waals surface area contributed by atoms with E-state index in [-0.39, 0.29) is 12.0 Å². The maximum atomic E-state index is 10.2. The van der Waals surface area contributed by atoms with Crippen molar-refractivity contribution in [2.24, 2.45) is 40.2 Å². The number of aliphatic hydroxyl groups excluding tert-OH is 1. The predicted molar refractivity (Wildman–Crippen MR) is 105 cm³/mol. The van der Waals surface area contributed by atoms with Crippen LogP contribution in [0.5, 0.6) is 0 Å². The van der Waals surface area contributed by atoms with Crippen LogP contribution in [0.1, 0.15) is 57.7 Å². The molecule has 4 rings (SSSR count). The lowest BCUT2D eigenvalue weighted by Gasteiger charge is -2.55. The molecule has 0 radical (unpaired) electrons. The van der Waals surface area contributed by atoms with E-state index in [2.05, 4.69) is 37.0 Å². The van der Waals surface area contributed by atoms with Gasteiger partial charge in [0, 0.05) is 12.3 Å². The third kappa shape index (κ3) is 2.45. The molecular weight excluding hydrogens is 322 g/mol. The molecule has 26 heavy (non-hydrogen) atoms. The summed E-state index contributed by atoms with van der Waals surface area (Å²) in [5, 5.41) is 17.6. The first-order valence-electron chi connectivity index (χ1n) is 10.5. The maximum absolute atomic E-state index is 10.2. The lowest BCUT2D eigenvalue weighted by Crippen LogP contribution is -2.53. The average molecular weight is 358 g/mol. The van der Waals surface area contributed by atoms with Crippen molar-refractivity contribution in [1.29, 1.82) is 0 Å². The van der Waals surface area contributed by atoms with Crippen LogP contribution in [-0.4, -0.2) is 28.5 Å². The first-order chi connectivity index (χ1) is 12.5. The van der Waals surface area contributed by atoms with Gasteiger partial charge in [0.25, 0.3) is 0 Å². The molecule has 2 saturated carbocycles. The molecule has 1 heterocycles. The lowest BCUT2D eigenvalue weighted by atomic mass is 9.49. The summed E-state index contributed by atoms with van der Waals surface area (Å²) in [6.45, 7) is 8.14. The van der Waals surface area contributed by atoms with Gasteiger partial charge in [0.15, 0.2) is 0 Å². The van der Waals surface area contributed by atoms with E-state index in [1.807, 2.05) is 6.20 Å². The number of aromatic amines is 1. The molecule has 0 spiro atoms. The van der Waals surface area contributed by atoms with Gasteiger partial charge in [0.05, 0.1) is 6.20 Å². The third-order valence-corrected chi connectivity index (χ3v) is 8.74. The lowest BCUT2D eigenvalue weighted by molar-refractivity contribution is -0.0536. The minimum Gasteiger partial charge on any atom is -0.396 e. The van der Waals surface area contributed by atoms with E-state index in [4.69, 9.17) is 5.73 Å². The van der Waals surface area contributed by atoms with E-state index in [0.29, 0.717) is 29.1 Å². The van der Waals surface area contributed by atoms with Crippen LogP contribution in [0.3, 0.4) is 0 Å². The Labute approximate surface area is 157 Å². The van der Waals surface area contributed by atoms with E-state index in [0.717, 1.165) is 19.4 Å². The predicted octanol–water partition coefficient (Wildman–Crippen LogP) is 3.47. The van der Waals surface area contributed by atoms with Gasteiger partial charge >= 0.3 is 0 Å². The van der Waals surface area contributed by atoms with Crippen LogP contribution in [0.2, 0.25) is 0 Å². The number of rotatable bonds is 3. The number of fused-ring (bicyclic) bond motifs is 2. The third-order valence-electron chi connectivity index (χ3n) is 8.74. The zero-order valence-electron chi connectivity index (χ0n) is 16.6. The van der Waals surface area contributed by atoms with Crippen molar-refractivity contribution in [1.82, 2.24) is 10.2 Å². The summed E-state index contributed by atoms with van der Waals surface area (Å²) in [4.78, 5) is 0. The van der Waals surface area contributed by atoms with Gasteiger partial charge in [-0.2, -0.15) is 5.10 Å². The second-order valence-electron chi connectivity index (χ2n) is 9.56. The molecule has 1 aromatic rings. The minimum absolute atomic E-state index is 0.107. The standard InChI is InChI=1S/C22H35N3O/c1-4-15-5-6-18-17(11-23)19(7-8-21(15,18)2)22(3)10-14-12-24-25-20(14)9-16(22)13-26/h4,12,16-19,26H,5-11,13,23H2,1-3H3,(H,24,25)/b15-4+/t16-,17+,18+,19+,21-,22+/m1/s1. The van der Waals surface area contributed by atoms with Gasteiger partial charge in [-0.3, -0.25) is 5.10 Å².